The van der Waals surface area contributed by atoms with E-state index < -0.39 is 12.1 Å². The minimum atomic E-state index is -0.659. The van der Waals surface area contributed by atoms with Gasteiger partial charge in [0, 0.05) is 12.8 Å². The molecule has 0 bridgehead atoms. The summed E-state index contributed by atoms with van der Waals surface area (Å²) in [5.41, 5.74) is 0. The van der Waals surface area contributed by atoms with E-state index in [2.05, 4.69) is 19.2 Å². The fourth-order valence-corrected chi connectivity index (χ4v) is 13.3. The molecule has 0 aliphatic carbocycles. The first-order chi connectivity index (χ1) is 42.5. The van der Waals surface area contributed by atoms with E-state index >= 15 is 0 Å². The van der Waals surface area contributed by atoms with Crippen molar-refractivity contribution in [1.82, 2.24) is 5.32 Å². The van der Waals surface area contributed by atoms with Gasteiger partial charge in [0.05, 0.1) is 25.4 Å². The average Bonchev–Trinajstić information content (AvgIpc) is 3.60. The molecule has 0 saturated heterocycles. The van der Waals surface area contributed by atoms with E-state index in [-0.39, 0.29) is 18.5 Å². The minimum Gasteiger partial charge on any atom is -0.466 e. The van der Waals surface area contributed by atoms with Gasteiger partial charge in [0.2, 0.25) is 5.91 Å². The molecule has 0 heterocycles. The Morgan fingerprint density at radius 3 is 0.709 bits per heavy atom. The maximum Gasteiger partial charge on any atom is 0.305 e. The number of esters is 1. The Morgan fingerprint density at radius 2 is 0.477 bits per heavy atom. The Balaban J connectivity index is 3.28. The predicted molar refractivity (Wildman–Crippen MR) is 380 cm³/mol. The van der Waals surface area contributed by atoms with Crippen LogP contribution in [0.5, 0.6) is 0 Å². The molecule has 0 radical (unpaired) electrons. The third-order valence-electron chi connectivity index (χ3n) is 19.4. The maximum atomic E-state index is 12.5. The van der Waals surface area contributed by atoms with Crippen molar-refractivity contribution in [2.75, 3.05) is 13.2 Å². The molecule has 2 atom stereocenters. The first kappa shape index (κ1) is 84.9. The van der Waals surface area contributed by atoms with Crippen LogP contribution in [0.3, 0.4) is 0 Å². The van der Waals surface area contributed by atoms with Gasteiger partial charge in [-0.2, -0.15) is 0 Å². The number of nitrogens with one attached hydrogen (secondary N) is 1. The van der Waals surface area contributed by atoms with Crippen LogP contribution in [0.15, 0.2) is 0 Å². The molecule has 0 aromatic rings. The zero-order valence-corrected chi connectivity index (χ0v) is 59.1. The molecule has 0 saturated carbocycles. The molecule has 0 aliphatic rings. The molecule has 0 fully saturated rings. The summed E-state index contributed by atoms with van der Waals surface area (Å²) in [6, 6.07) is -0.536. The Bertz CT molecular complexity index is 1260. The standard InChI is InChI=1S/C80H159NO5/c1-3-5-7-9-11-13-15-17-19-44-48-52-56-60-64-68-72-78(83)77(76-82)81-79(84)73-69-65-61-57-53-49-45-42-40-38-36-34-32-30-28-26-24-22-21-23-25-27-29-31-33-35-37-39-41-43-47-51-55-59-63-67-71-75-86-80(85)74-70-66-62-58-54-50-46-20-18-16-14-12-10-8-6-4-2/h77-78,82-83H,3-76H2,1-2H3,(H,81,84). The van der Waals surface area contributed by atoms with Gasteiger partial charge in [-0.15, -0.1) is 0 Å². The van der Waals surface area contributed by atoms with E-state index in [9.17, 15) is 19.8 Å². The second-order valence-electron chi connectivity index (χ2n) is 28.1. The monoisotopic (exact) mass is 1210 g/mol. The molecule has 0 rings (SSSR count). The SMILES string of the molecule is CCCCCCCCCCCCCCCCCCC(=O)OCCCCCCCCCCCCCCCCCCCCCCCCCCCCCCCCCCCCCCCC(=O)NC(CO)C(O)CCCCCCCCCCCCCCCCCC. The van der Waals surface area contributed by atoms with Crippen LogP contribution in [-0.4, -0.2) is 47.4 Å². The molecule has 3 N–H and O–H groups in total. The molecule has 86 heavy (non-hydrogen) atoms. The van der Waals surface area contributed by atoms with Crippen molar-refractivity contribution in [3.05, 3.63) is 0 Å². The topological polar surface area (TPSA) is 95.9 Å². The second kappa shape index (κ2) is 76.3. The van der Waals surface area contributed by atoms with Gasteiger partial charge in [0.25, 0.3) is 0 Å². The van der Waals surface area contributed by atoms with E-state index in [1.54, 1.807) is 0 Å². The summed E-state index contributed by atoms with van der Waals surface area (Å²) in [6.45, 7) is 5.02. The third kappa shape index (κ3) is 71.9. The van der Waals surface area contributed by atoms with Crippen molar-refractivity contribution in [2.45, 2.75) is 488 Å². The lowest BCUT2D eigenvalue weighted by atomic mass is 10.0. The number of carbonyl (C=O) groups excluding carboxylic acids is 2. The Hall–Kier alpha value is -1.14. The molecular weight excluding hydrogens is 1050 g/mol. The van der Waals surface area contributed by atoms with Crippen LogP contribution in [0.2, 0.25) is 0 Å². The summed E-state index contributed by atoms with van der Waals surface area (Å²) in [4.78, 5) is 24.6. The summed E-state index contributed by atoms with van der Waals surface area (Å²) < 4.78 is 5.51. The summed E-state index contributed by atoms with van der Waals surface area (Å²) in [6.07, 6.45) is 95.0. The van der Waals surface area contributed by atoms with Gasteiger partial charge in [0.1, 0.15) is 0 Å². The minimum absolute atomic E-state index is 0.0245. The zero-order chi connectivity index (χ0) is 62.0. The Labute approximate surface area is 540 Å². The van der Waals surface area contributed by atoms with E-state index in [0.717, 1.165) is 38.5 Å². The van der Waals surface area contributed by atoms with Crippen molar-refractivity contribution in [3.63, 3.8) is 0 Å². The predicted octanol–water partition coefficient (Wildman–Crippen LogP) is 26.5. The lowest BCUT2D eigenvalue weighted by Crippen LogP contribution is -2.45. The van der Waals surface area contributed by atoms with Gasteiger partial charge in [-0.25, -0.2) is 0 Å². The number of aliphatic hydroxyl groups excluding tert-OH is 2. The van der Waals surface area contributed by atoms with Gasteiger partial charge in [-0.1, -0.05) is 438 Å². The summed E-state index contributed by atoms with van der Waals surface area (Å²) in [7, 11) is 0. The summed E-state index contributed by atoms with van der Waals surface area (Å²) in [5, 5.41) is 23.4. The number of amides is 1. The number of aliphatic hydroxyl groups is 2. The summed E-state index contributed by atoms with van der Waals surface area (Å²) >= 11 is 0. The molecule has 0 spiro atoms. The van der Waals surface area contributed by atoms with Gasteiger partial charge < -0.3 is 20.3 Å². The van der Waals surface area contributed by atoms with Crippen LogP contribution in [0.4, 0.5) is 0 Å². The van der Waals surface area contributed by atoms with Gasteiger partial charge in [-0.3, -0.25) is 9.59 Å². The first-order valence-electron chi connectivity index (χ1n) is 40.3. The lowest BCUT2D eigenvalue weighted by Gasteiger charge is -2.22. The zero-order valence-electron chi connectivity index (χ0n) is 59.1. The van der Waals surface area contributed by atoms with Crippen molar-refractivity contribution < 1.29 is 24.5 Å². The second-order valence-corrected chi connectivity index (χ2v) is 28.1. The van der Waals surface area contributed by atoms with Crippen molar-refractivity contribution in [3.8, 4) is 0 Å². The van der Waals surface area contributed by atoms with Crippen molar-refractivity contribution in [1.29, 1.82) is 0 Å². The number of rotatable bonds is 77. The quantitative estimate of drug-likeness (QED) is 0.0417. The van der Waals surface area contributed by atoms with Crippen LogP contribution < -0.4 is 5.32 Å². The first-order valence-corrected chi connectivity index (χ1v) is 40.3. The molecule has 514 valence electrons. The number of hydrogen-bond acceptors (Lipinski definition) is 5. The molecule has 0 aromatic carbocycles. The molecular formula is C80H159NO5. The van der Waals surface area contributed by atoms with E-state index in [4.69, 9.17) is 4.74 Å². The number of unbranched alkanes of at least 4 members (excludes halogenated alkanes) is 66. The van der Waals surface area contributed by atoms with Crippen molar-refractivity contribution >= 4 is 11.9 Å². The Kier molecular flexibility index (Phi) is 75.3. The van der Waals surface area contributed by atoms with E-state index in [0.29, 0.717) is 25.9 Å². The van der Waals surface area contributed by atoms with Crippen LogP contribution in [-0.2, 0) is 14.3 Å². The highest BCUT2D eigenvalue weighted by Crippen LogP contribution is 2.21. The molecule has 6 nitrogen and oxygen atoms in total. The lowest BCUT2D eigenvalue weighted by molar-refractivity contribution is -0.143. The molecule has 2 unspecified atom stereocenters. The average molecular weight is 1220 g/mol. The van der Waals surface area contributed by atoms with Gasteiger partial charge in [-0.05, 0) is 25.7 Å². The van der Waals surface area contributed by atoms with Gasteiger partial charge >= 0.3 is 5.97 Å². The largest absolute Gasteiger partial charge is 0.466 e. The van der Waals surface area contributed by atoms with Crippen LogP contribution >= 0.6 is 0 Å². The summed E-state index contributed by atoms with van der Waals surface area (Å²) in [5.74, 6) is 0.00376. The number of ether oxygens (including phenoxy) is 1. The maximum absolute atomic E-state index is 12.5. The number of hydrogen-bond donors (Lipinski definition) is 3. The smallest absolute Gasteiger partial charge is 0.305 e. The van der Waals surface area contributed by atoms with Crippen LogP contribution in [0.1, 0.15) is 476 Å². The van der Waals surface area contributed by atoms with E-state index in [1.807, 2.05) is 0 Å². The normalized spacial score (nSPS) is 12.4. The number of carbonyl (C=O) groups is 2. The highest BCUT2D eigenvalue weighted by molar-refractivity contribution is 5.76. The Morgan fingerprint density at radius 1 is 0.279 bits per heavy atom. The fourth-order valence-electron chi connectivity index (χ4n) is 13.3. The molecule has 0 aromatic heterocycles. The molecule has 0 aliphatic heterocycles. The molecule has 6 heteroatoms. The fraction of sp³-hybridized carbons (Fsp3) is 0.975. The van der Waals surface area contributed by atoms with E-state index in [1.165, 1.54) is 405 Å². The molecule has 1 amide bonds. The van der Waals surface area contributed by atoms with Crippen LogP contribution in [0, 0.1) is 0 Å². The van der Waals surface area contributed by atoms with Crippen molar-refractivity contribution in [2.24, 2.45) is 0 Å². The third-order valence-corrected chi connectivity index (χ3v) is 19.4. The highest BCUT2D eigenvalue weighted by atomic mass is 16.5. The van der Waals surface area contributed by atoms with Crippen LogP contribution in [0.25, 0.3) is 0 Å². The van der Waals surface area contributed by atoms with Gasteiger partial charge in [0.15, 0.2) is 0 Å². The highest BCUT2D eigenvalue weighted by Gasteiger charge is 2.20.